The lowest BCUT2D eigenvalue weighted by molar-refractivity contribution is -0.136. The zero-order valence-corrected chi connectivity index (χ0v) is 10.2. The van der Waals surface area contributed by atoms with Crippen LogP contribution in [0.1, 0.15) is 12.2 Å². The molecule has 3 heterocycles. The lowest BCUT2D eigenvalue weighted by Gasteiger charge is -2.13. The summed E-state index contributed by atoms with van der Waals surface area (Å²) in [6.45, 7) is 0.871. The minimum atomic E-state index is -0.692. The fraction of sp³-hybridized carbons (Fsp3) is 0.308. The van der Waals surface area contributed by atoms with Crippen LogP contribution in [0.3, 0.4) is 0 Å². The maximum Gasteiger partial charge on any atom is 0.235 e. The summed E-state index contributed by atoms with van der Waals surface area (Å²) < 4.78 is 5.60. The second kappa shape index (κ2) is 4.38. The van der Waals surface area contributed by atoms with E-state index in [9.17, 15) is 9.59 Å². The van der Waals surface area contributed by atoms with Crippen LogP contribution in [-0.4, -0.2) is 28.2 Å². The Bertz CT molecular complexity index is 616. The number of pyridine rings is 1. The second-order valence-corrected chi connectivity index (χ2v) is 4.60. The molecule has 3 rings (SSSR count). The number of likely N-dealkylation sites (tertiary alicyclic amines) is 1. The van der Waals surface area contributed by atoms with E-state index in [0.717, 1.165) is 5.52 Å². The van der Waals surface area contributed by atoms with E-state index >= 15 is 0 Å². The molecule has 2 aromatic rings. The Morgan fingerprint density at radius 1 is 1.58 bits per heavy atom. The Hall–Kier alpha value is -2.37. The number of aromatic nitrogens is 1. The highest BCUT2D eigenvalue weighted by Gasteiger charge is 2.35. The third kappa shape index (κ3) is 2.05. The van der Waals surface area contributed by atoms with Crippen molar-refractivity contribution >= 4 is 22.9 Å². The van der Waals surface area contributed by atoms with Crippen molar-refractivity contribution < 1.29 is 14.0 Å². The molecule has 0 unspecified atom stereocenters. The summed E-state index contributed by atoms with van der Waals surface area (Å²) in [6.07, 6.45) is 2.17. The summed E-state index contributed by atoms with van der Waals surface area (Å²) in [5.74, 6) is -0.811. The molecule has 2 N–H and O–H groups in total. The molecule has 98 valence electrons. The molecule has 1 saturated heterocycles. The van der Waals surface area contributed by atoms with Crippen LogP contribution in [0.2, 0.25) is 0 Å². The van der Waals surface area contributed by atoms with Gasteiger partial charge in [0.2, 0.25) is 11.8 Å². The number of furan rings is 1. The van der Waals surface area contributed by atoms with Crippen molar-refractivity contribution in [2.24, 2.45) is 11.7 Å². The molecule has 2 amide bonds. The average molecular weight is 259 g/mol. The highest BCUT2D eigenvalue weighted by molar-refractivity contribution is 6.00. The Labute approximate surface area is 109 Å². The summed E-state index contributed by atoms with van der Waals surface area (Å²) in [7, 11) is 0. The Balaban J connectivity index is 1.78. The van der Waals surface area contributed by atoms with Crippen LogP contribution in [0, 0.1) is 5.92 Å². The van der Waals surface area contributed by atoms with Gasteiger partial charge in [-0.05, 0) is 18.6 Å². The van der Waals surface area contributed by atoms with Crippen molar-refractivity contribution in [1.82, 2.24) is 9.88 Å². The van der Waals surface area contributed by atoms with Crippen molar-refractivity contribution in [2.45, 2.75) is 13.0 Å². The van der Waals surface area contributed by atoms with E-state index < -0.39 is 11.8 Å². The zero-order valence-electron chi connectivity index (χ0n) is 10.2. The van der Waals surface area contributed by atoms with Gasteiger partial charge in [0.25, 0.3) is 0 Å². The first-order valence-electron chi connectivity index (χ1n) is 6.06. The smallest absolute Gasteiger partial charge is 0.235 e. The molecule has 1 atom stereocenters. The summed E-state index contributed by atoms with van der Waals surface area (Å²) in [5.41, 5.74) is 6.64. The Morgan fingerprint density at radius 3 is 3.11 bits per heavy atom. The molecule has 0 aliphatic carbocycles. The molecule has 19 heavy (non-hydrogen) atoms. The molecule has 1 fully saturated rings. The van der Waals surface area contributed by atoms with Crippen LogP contribution in [0.25, 0.3) is 11.1 Å². The van der Waals surface area contributed by atoms with E-state index in [1.165, 1.54) is 0 Å². The van der Waals surface area contributed by atoms with Crippen molar-refractivity contribution in [3.05, 3.63) is 30.2 Å². The van der Waals surface area contributed by atoms with Crippen molar-refractivity contribution in [1.29, 1.82) is 0 Å². The number of carbonyl (C=O) groups is 2. The standard InChI is InChI=1S/C13H13N3O3/c14-12(17)9-3-5-16(13(9)18)7-8-6-10-11(19-8)2-1-4-15-10/h1-2,4,6,9H,3,5,7H2,(H2,14,17)/t9-/m0/s1. The van der Waals surface area contributed by atoms with Gasteiger partial charge in [-0.1, -0.05) is 0 Å². The fourth-order valence-corrected chi connectivity index (χ4v) is 2.35. The molecule has 6 heteroatoms. The number of primary amides is 1. The van der Waals surface area contributed by atoms with Crippen LogP contribution in [0.15, 0.2) is 28.8 Å². The van der Waals surface area contributed by atoms with E-state index in [1.807, 2.05) is 6.07 Å². The van der Waals surface area contributed by atoms with Gasteiger partial charge in [-0.3, -0.25) is 14.6 Å². The largest absolute Gasteiger partial charge is 0.457 e. The van der Waals surface area contributed by atoms with Crippen LogP contribution in [0.5, 0.6) is 0 Å². The Kier molecular flexibility index (Phi) is 2.70. The minimum Gasteiger partial charge on any atom is -0.457 e. The maximum absolute atomic E-state index is 11.9. The highest BCUT2D eigenvalue weighted by atomic mass is 16.3. The normalized spacial score (nSPS) is 19.3. The monoisotopic (exact) mass is 259 g/mol. The number of rotatable bonds is 3. The number of amides is 2. The third-order valence-corrected chi connectivity index (χ3v) is 3.33. The molecular formula is C13H13N3O3. The molecule has 0 bridgehead atoms. The zero-order chi connectivity index (χ0) is 13.4. The molecule has 0 spiro atoms. The summed E-state index contributed by atoms with van der Waals surface area (Å²) in [6, 6.07) is 5.42. The molecule has 6 nitrogen and oxygen atoms in total. The van der Waals surface area contributed by atoms with Gasteiger partial charge in [0.15, 0.2) is 5.58 Å². The molecule has 1 aliphatic heterocycles. The topological polar surface area (TPSA) is 89.4 Å². The van der Waals surface area contributed by atoms with Crippen LogP contribution in [0.4, 0.5) is 0 Å². The predicted molar refractivity (Wildman–Crippen MR) is 66.7 cm³/mol. The number of carbonyl (C=O) groups excluding carboxylic acids is 2. The number of fused-ring (bicyclic) bond motifs is 1. The molecule has 0 radical (unpaired) electrons. The first kappa shape index (κ1) is 11.7. The van der Waals surface area contributed by atoms with Gasteiger partial charge in [0.05, 0.1) is 6.54 Å². The fourth-order valence-electron chi connectivity index (χ4n) is 2.35. The number of hydrogen-bond donors (Lipinski definition) is 1. The van der Waals surface area contributed by atoms with Gasteiger partial charge in [-0.25, -0.2) is 0 Å². The van der Waals surface area contributed by atoms with Gasteiger partial charge in [0.1, 0.15) is 17.2 Å². The van der Waals surface area contributed by atoms with E-state index in [1.54, 1.807) is 23.2 Å². The number of nitrogens with two attached hydrogens (primary N) is 1. The van der Waals surface area contributed by atoms with Gasteiger partial charge in [0, 0.05) is 18.8 Å². The molecule has 2 aromatic heterocycles. The predicted octanol–water partition coefficient (Wildman–Crippen LogP) is 0.662. The van der Waals surface area contributed by atoms with Crippen LogP contribution >= 0.6 is 0 Å². The van der Waals surface area contributed by atoms with Crippen LogP contribution < -0.4 is 5.73 Å². The summed E-state index contributed by atoms with van der Waals surface area (Å²) in [5, 5.41) is 0. The van der Waals surface area contributed by atoms with Crippen molar-refractivity contribution in [3.8, 4) is 0 Å². The lowest BCUT2D eigenvalue weighted by Crippen LogP contribution is -2.33. The van der Waals surface area contributed by atoms with E-state index in [4.69, 9.17) is 10.2 Å². The number of nitrogens with zero attached hydrogens (tertiary/aromatic N) is 2. The van der Waals surface area contributed by atoms with E-state index in [-0.39, 0.29) is 5.91 Å². The minimum absolute atomic E-state index is 0.221. The van der Waals surface area contributed by atoms with E-state index in [0.29, 0.717) is 30.9 Å². The summed E-state index contributed by atoms with van der Waals surface area (Å²) >= 11 is 0. The van der Waals surface area contributed by atoms with Gasteiger partial charge in [-0.2, -0.15) is 0 Å². The first-order valence-corrected chi connectivity index (χ1v) is 6.06. The highest BCUT2D eigenvalue weighted by Crippen LogP contribution is 2.23. The second-order valence-electron chi connectivity index (χ2n) is 4.60. The summed E-state index contributed by atoms with van der Waals surface area (Å²) in [4.78, 5) is 28.8. The average Bonchev–Trinajstić information content (AvgIpc) is 2.94. The van der Waals surface area contributed by atoms with Gasteiger partial charge >= 0.3 is 0 Å². The van der Waals surface area contributed by atoms with Crippen molar-refractivity contribution in [2.75, 3.05) is 6.54 Å². The van der Waals surface area contributed by atoms with E-state index in [2.05, 4.69) is 4.98 Å². The first-order chi connectivity index (χ1) is 9.15. The third-order valence-electron chi connectivity index (χ3n) is 3.33. The quantitative estimate of drug-likeness (QED) is 0.820. The molecule has 1 aliphatic rings. The SMILES string of the molecule is NC(=O)[C@@H]1CCN(Cc2cc3ncccc3o2)C1=O. The molecular weight excluding hydrogens is 246 g/mol. The van der Waals surface area contributed by atoms with Gasteiger partial charge < -0.3 is 15.1 Å². The Morgan fingerprint density at radius 2 is 2.42 bits per heavy atom. The maximum atomic E-state index is 11.9. The lowest BCUT2D eigenvalue weighted by atomic mass is 10.1. The molecule has 0 saturated carbocycles. The van der Waals surface area contributed by atoms with Crippen molar-refractivity contribution in [3.63, 3.8) is 0 Å². The van der Waals surface area contributed by atoms with Gasteiger partial charge in [-0.15, -0.1) is 0 Å². The number of hydrogen-bond acceptors (Lipinski definition) is 4. The molecule has 0 aromatic carbocycles. The van der Waals surface area contributed by atoms with Crippen LogP contribution in [-0.2, 0) is 16.1 Å².